The maximum atomic E-state index is 12.1. The fourth-order valence-electron chi connectivity index (χ4n) is 3.59. The fourth-order valence-corrected chi connectivity index (χ4v) is 6.28. The molecule has 0 amide bonds. The summed E-state index contributed by atoms with van der Waals surface area (Å²) in [6.07, 6.45) is 6.33. The maximum Gasteiger partial charge on any atom is 0.214 e. The van der Waals surface area contributed by atoms with Crippen LogP contribution >= 0.6 is 11.3 Å². The van der Waals surface area contributed by atoms with Gasteiger partial charge in [0.15, 0.2) is 10.8 Å². The average molecular weight is 367 g/mol. The van der Waals surface area contributed by atoms with Crippen molar-refractivity contribution < 1.29 is 12.8 Å². The zero-order valence-corrected chi connectivity index (χ0v) is 15.1. The van der Waals surface area contributed by atoms with Gasteiger partial charge in [0.2, 0.25) is 10.0 Å². The largest absolute Gasteiger partial charge is 0.462 e. The van der Waals surface area contributed by atoms with Crippen molar-refractivity contribution in [1.82, 2.24) is 14.2 Å². The molecule has 0 saturated carbocycles. The normalized spacial score (nSPS) is 25.2. The Bertz CT molecular complexity index is 785. The summed E-state index contributed by atoms with van der Waals surface area (Å²) in [5.74, 6) is 1.11. The molecule has 2 aliphatic heterocycles. The third-order valence-corrected chi connectivity index (χ3v) is 7.69. The summed E-state index contributed by atoms with van der Waals surface area (Å²) in [5.41, 5.74) is 0. The Balaban J connectivity index is 1.42. The van der Waals surface area contributed by atoms with Gasteiger partial charge in [-0.2, -0.15) is 4.31 Å². The summed E-state index contributed by atoms with van der Waals surface area (Å²) >= 11 is 1.64. The molecule has 0 radical (unpaired) electrons. The zero-order valence-electron chi connectivity index (χ0n) is 13.4. The van der Waals surface area contributed by atoms with Crippen LogP contribution in [0, 0.1) is 0 Å². The highest BCUT2D eigenvalue weighted by atomic mass is 32.2. The van der Waals surface area contributed by atoms with Gasteiger partial charge in [-0.15, -0.1) is 11.3 Å². The van der Waals surface area contributed by atoms with Gasteiger partial charge >= 0.3 is 0 Å². The first kappa shape index (κ1) is 16.3. The Labute approximate surface area is 146 Å². The lowest BCUT2D eigenvalue weighted by atomic mass is 10.1. The second-order valence-electron chi connectivity index (χ2n) is 6.42. The van der Waals surface area contributed by atoms with E-state index in [1.807, 2.05) is 18.3 Å². The molecule has 6 nitrogen and oxygen atoms in total. The van der Waals surface area contributed by atoms with E-state index in [1.165, 1.54) is 4.88 Å². The topological polar surface area (TPSA) is 66.7 Å². The number of thiazole rings is 1. The minimum atomic E-state index is -3.02. The lowest BCUT2D eigenvalue weighted by molar-refractivity contribution is 0.147. The Morgan fingerprint density at radius 1 is 1.33 bits per heavy atom. The monoisotopic (exact) mass is 367 g/mol. The van der Waals surface area contributed by atoms with Gasteiger partial charge in [0.1, 0.15) is 0 Å². The van der Waals surface area contributed by atoms with Gasteiger partial charge in [-0.1, -0.05) is 0 Å². The molecule has 1 atom stereocenters. The van der Waals surface area contributed by atoms with Gasteiger partial charge in [0, 0.05) is 36.8 Å². The summed E-state index contributed by atoms with van der Waals surface area (Å²) in [4.78, 5) is 7.97. The van der Waals surface area contributed by atoms with Crippen molar-refractivity contribution >= 4 is 21.4 Å². The number of aromatic nitrogens is 1. The number of hydrogen-bond acceptors (Lipinski definition) is 6. The van der Waals surface area contributed by atoms with Crippen LogP contribution in [0.15, 0.2) is 29.0 Å². The van der Waals surface area contributed by atoms with Crippen LogP contribution in [0.1, 0.15) is 24.1 Å². The lowest BCUT2D eigenvalue weighted by Crippen LogP contribution is -2.48. The van der Waals surface area contributed by atoms with E-state index in [0.717, 1.165) is 49.7 Å². The molecule has 4 rings (SSSR count). The first-order valence-electron chi connectivity index (χ1n) is 8.32. The third kappa shape index (κ3) is 3.28. The van der Waals surface area contributed by atoms with Crippen LogP contribution in [-0.2, 0) is 16.6 Å². The molecule has 0 aromatic carbocycles. The van der Waals surface area contributed by atoms with Crippen LogP contribution in [0.25, 0.3) is 10.8 Å². The van der Waals surface area contributed by atoms with E-state index in [1.54, 1.807) is 21.9 Å². The number of nitrogens with zero attached hydrogens (tertiary/aromatic N) is 3. The molecule has 24 heavy (non-hydrogen) atoms. The van der Waals surface area contributed by atoms with E-state index in [-0.39, 0.29) is 6.04 Å². The molecular formula is C16H21N3O3S2. The highest BCUT2D eigenvalue weighted by Gasteiger charge is 2.36. The predicted molar refractivity (Wildman–Crippen MR) is 93.2 cm³/mol. The number of sulfonamides is 1. The average Bonchev–Trinajstić information content (AvgIpc) is 3.27. The second-order valence-corrected chi connectivity index (χ2v) is 9.58. The van der Waals surface area contributed by atoms with Crippen molar-refractivity contribution in [3.63, 3.8) is 0 Å². The van der Waals surface area contributed by atoms with E-state index >= 15 is 0 Å². The van der Waals surface area contributed by atoms with Gasteiger partial charge in [-0.25, -0.2) is 13.4 Å². The molecular weight excluding hydrogens is 346 g/mol. The minimum absolute atomic E-state index is 0.128. The smallest absolute Gasteiger partial charge is 0.214 e. The van der Waals surface area contributed by atoms with Crippen LogP contribution in [0.3, 0.4) is 0 Å². The number of hydrogen-bond donors (Lipinski definition) is 0. The first-order valence-corrected chi connectivity index (χ1v) is 10.7. The van der Waals surface area contributed by atoms with E-state index in [0.29, 0.717) is 12.3 Å². The highest BCUT2D eigenvalue weighted by molar-refractivity contribution is 7.89. The Morgan fingerprint density at radius 3 is 3.00 bits per heavy atom. The highest BCUT2D eigenvalue weighted by Crippen LogP contribution is 2.28. The van der Waals surface area contributed by atoms with Crippen LogP contribution in [0.4, 0.5) is 0 Å². The molecule has 2 aliphatic rings. The van der Waals surface area contributed by atoms with Crippen molar-refractivity contribution in [2.45, 2.75) is 31.8 Å². The molecule has 2 aromatic rings. The number of piperidine rings is 1. The summed E-state index contributed by atoms with van der Waals surface area (Å²) in [5, 5.41) is 0.894. The first-order chi connectivity index (χ1) is 11.6. The van der Waals surface area contributed by atoms with Crippen LogP contribution in [0.2, 0.25) is 0 Å². The molecule has 0 bridgehead atoms. The van der Waals surface area contributed by atoms with Gasteiger partial charge in [-0.3, -0.25) is 4.90 Å². The zero-order chi connectivity index (χ0) is 16.6. The quantitative estimate of drug-likeness (QED) is 0.830. The third-order valence-electron chi connectivity index (χ3n) is 4.69. The van der Waals surface area contributed by atoms with E-state index in [9.17, 15) is 8.42 Å². The number of rotatable bonds is 4. The molecule has 2 aromatic heterocycles. The van der Waals surface area contributed by atoms with Crippen molar-refractivity contribution in [2.24, 2.45) is 0 Å². The van der Waals surface area contributed by atoms with Crippen LogP contribution < -0.4 is 0 Å². The second kappa shape index (κ2) is 6.59. The van der Waals surface area contributed by atoms with Gasteiger partial charge in [0.05, 0.1) is 12.0 Å². The van der Waals surface area contributed by atoms with Crippen molar-refractivity contribution in [2.75, 3.05) is 25.4 Å². The molecule has 1 unspecified atom stereocenters. The molecule has 8 heteroatoms. The van der Waals surface area contributed by atoms with Gasteiger partial charge in [0.25, 0.3) is 0 Å². The Hall–Kier alpha value is -1.22. The molecule has 0 spiro atoms. The summed E-state index contributed by atoms with van der Waals surface area (Å²) in [6, 6.07) is 3.91. The fraction of sp³-hybridized carbons (Fsp3) is 0.562. The van der Waals surface area contributed by atoms with Gasteiger partial charge in [-0.05, 0) is 37.9 Å². The van der Waals surface area contributed by atoms with Crippen LogP contribution in [-0.4, -0.2) is 54.0 Å². The minimum Gasteiger partial charge on any atom is -0.462 e. The summed E-state index contributed by atoms with van der Waals surface area (Å²) in [7, 11) is -3.02. The SMILES string of the molecule is O=S1(=O)CCCN1C1CCCN(Cc2cnc(-c3ccco3)s2)C1. The lowest BCUT2D eigenvalue weighted by Gasteiger charge is -2.36. The summed E-state index contributed by atoms with van der Waals surface area (Å²) in [6.45, 7) is 3.33. The summed E-state index contributed by atoms with van der Waals surface area (Å²) < 4.78 is 31.4. The molecule has 2 fully saturated rings. The van der Waals surface area contributed by atoms with Gasteiger partial charge < -0.3 is 4.42 Å². The Kier molecular flexibility index (Phi) is 4.46. The molecule has 2 saturated heterocycles. The maximum absolute atomic E-state index is 12.1. The van der Waals surface area contributed by atoms with E-state index < -0.39 is 10.0 Å². The van der Waals surface area contributed by atoms with Crippen molar-refractivity contribution in [3.8, 4) is 10.8 Å². The molecule has 0 aliphatic carbocycles. The number of likely N-dealkylation sites (tertiary alicyclic amines) is 1. The van der Waals surface area contributed by atoms with E-state index in [4.69, 9.17) is 4.42 Å². The predicted octanol–water partition coefficient (Wildman–Crippen LogP) is 2.40. The van der Waals surface area contributed by atoms with E-state index in [2.05, 4.69) is 9.88 Å². The van der Waals surface area contributed by atoms with Crippen molar-refractivity contribution in [1.29, 1.82) is 0 Å². The van der Waals surface area contributed by atoms with Crippen LogP contribution in [0.5, 0.6) is 0 Å². The standard InChI is InChI=1S/C16H21N3O3S2/c20-24(21)9-3-7-19(24)13-4-1-6-18(11-13)12-14-10-17-16(23-14)15-5-2-8-22-15/h2,5,8,10,13H,1,3-4,6-7,9,11-12H2. The molecule has 0 N–H and O–H groups in total. The Morgan fingerprint density at radius 2 is 2.25 bits per heavy atom. The molecule has 130 valence electrons. The molecule has 4 heterocycles. The number of furan rings is 1. The van der Waals surface area contributed by atoms with Crippen molar-refractivity contribution in [3.05, 3.63) is 29.5 Å².